The van der Waals surface area contributed by atoms with Crippen molar-refractivity contribution >= 4 is 22.5 Å². The third kappa shape index (κ3) is 4.63. The summed E-state index contributed by atoms with van der Waals surface area (Å²) in [6.07, 6.45) is -2.25. The fourth-order valence-electron chi connectivity index (χ4n) is 3.87. The molecule has 2 aromatic rings. The molecule has 0 radical (unpaired) electrons. The number of nitrogens with one attached hydrogen (secondary N) is 1. The van der Waals surface area contributed by atoms with Crippen LogP contribution in [0.25, 0.3) is 10.9 Å². The molecule has 0 aliphatic carbocycles. The van der Waals surface area contributed by atoms with Gasteiger partial charge in [-0.3, -0.25) is 14.7 Å². The maximum atomic E-state index is 13.4. The Morgan fingerprint density at radius 1 is 1.28 bits per heavy atom. The highest BCUT2D eigenvalue weighted by Gasteiger charge is 2.35. The number of rotatable bonds is 4. The highest BCUT2D eigenvalue weighted by Crippen LogP contribution is 2.38. The van der Waals surface area contributed by atoms with Crippen molar-refractivity contribution in [3.05, 3.63) is 36.0 Å². The second-order valence-electron chi connectivity index (χ2n) is 8.12. The molecule has 158 valence electrons. The lowest BCUT2D eigenvalue weighted by atomic mass is 9.94. The van der Waals surface area contributed by atoms with Gasteiger partial charge in [0, 0.05) is 36.4 Å². The first-order valence-electron chi connectivity index (χ1n) is 9.74. The number of benzene rings is 1. The summed E-state index contributed by atoms with van der Waals surface area (Å²) < 4.78 is 40.2. The Kier molecular flexibility index (Phi) is 6.03. The smallest absolute Gasteiger partial charge is 0.369 e. The fourth-order valence-corrected chi connectivity index (χ4v) is 3.87. The molecule has 1 N–H and O–H groups in total. The number of amides is 1. The van der Waals surface area contributed by atoms with E-state index >= 15 is 0 Å². The Labute approximate surface area is 168 Å². The van der Waals surface area contributed by atoms with E-state index in [1.54, 1.807) is 12.1 Å². The van der Waals surface area contributed by atoms with Crippen molar-refractivity contribution in [2.75, 3.05) is 32.1 Å². The minimum absolute atomic E-state index is 0.0439. The zero-order valence-corrected chi connectivity index (χ0v) is 17.1. The molecule has 0 bridgehead atoms. The van der Waals surface area contributed by atoms with E-state index in [1.807, 2.05) is 25.9 Å². The average molecular weight is 408 g/mol. The molecule has 3 rings (SSSR count). The monoisotopic (exact) mass is 408 g/mol. The molecule has 2 heterocycles. The van der Waals surface area contributed by atoms with Gasteiger partial charge >= 0.3 is 6.18 Å². The Morgan fingerprint density at radius 2 is 2.00 bits per heavy atom. The van der Waals surface area contributed by atoms with Gasteiger partial charge in [0.05, 0.1) is 17.1 Å². The van der Waals surface area contributed by atoms with E-state index in [0.717, 1.165) is 12.5 Å². The minimum atomic E-state index is -4.46. The van der Waals surface area contributed by atoms with Crippen molar-refractivity contribution in [1.82, 2.24) is 15.2 Å². The largest absolute Gasteiger partial charge is 0.418 e. The lowest BCUT2D eigenvalue weighted by Gasteiger charge is -2.39. The number of carbonyl (C=O) groups excluding carboxylic acids is 1. The maximum absolute atomic E-state index is 13.4. The molecule has 0 saturated carbocycles. The number of carbonyl (C=O) groups is 1. The van der Waals surface area contributed by atoms with Gasteiger partial charge in [-0.25, -0.2) is 0 Å². The molecular formula is C21H27F3N4O. The van der Waals surface area contributed by atoms with Crippen LogP contribution in [0.3, 0.4) is 0 Å². The molecule has 0 spiro atoms. The second-order valence-corrected chi connectivity index (χ2v) is 8.12. The molecule has 3 atom stereocenters. The number of fused-ring (bicyclic) bond motifs is 1. The zero-order chi connectivity index (χ0) is 21.3. The summed E-state index contributed by atoms with van der Waals surface area (Å²) in [5, 5.41) is 3.57. The van der Waals surface area contributed by atoms with E-state index in [2.05, 4.69) is 22.1 Å². The Hall–Kier alpha value is -2.35. The van der Waals surface area contributed by atoms with Crippen LogP contribution in [0.5, 0.6) is 0 Å². The fraction of sp³-hybridized carbons (Fsp3) is 0.524. The summed E-state index contributed by atoms with van der Waals surface area (Å²) >= 11 is 0. The van der Waals surface area contributed by atoms with Gasteiger partial charge in [-0.2, -0.15) is 13.2 Å². The number of aromatic nitrogens is 1. The van der Waals surface area contributed by atoms with Gasteiger partial charge in [-0.05, 0) is 57.6 Å². The SMILES string of the molecule is C[C@H]1C[C@@H](NC(=O)[C@H](C)N(C)C)CN(c2ccc(C(F)(F)F)c3ncccc23)C1. The van der Waals surface area contributed by atoms with Crippen molar-refractivity contribution in [2.24, 2.45) is 5.92 Å². The number of pyridine rings is 1. The molecular weight excluding hydrogens is 381 g/mol. The minimum Gasteiger partial charge on any atom is -0.369 e. The molecule has 1 aromatic heterocycles. The average Bonchev–Trinajstić information content (AvgIpc) is 2.65. The first-order chi connectivity index (χ1) is 13.6. The molecule has 8 heteroatoms. The molecule has 1 amide bonds. The van der Waals surface area contributed by atoms with Gasteiger partial charge in [0.15, 0.2) is 0 Å². The van der Waals surface area contributed by atoms with Gasteiger partial charge < -0.3 is 10.2 Å². The van der Waals surface area contributed by atoms with Crippen LogP contribution in [0.4, 0.5) is 18.9 Å². The molecule has 1 aromatic carbocycles. The highest BCUT2D eigenvalue weighted by atomic mass is 19.4. The third-order valence-corrected chi connectivity index (χ3v) is 5.55. The molecule has 1 aliphatic rings. The zero-order valence-electron chi connectivity index (χ0n) is 17.1. The number of hydrogen-bond donors (Lipinski definition) is 1. The predicted molar refractivity (Wildman–Crippen MR) is 108 cm³/mol. The Morgan fingerprint density at radius 3 is 2.66 bits per heavy atom. The summed E-state index contributed by atoms with van der Waals surface area (Å²) in [7, 11) is 3.70. The van der Waals surface area contributed by atoms with Crippen molar-refractivity contribution in [2.45, 2.75) is 38.5 Å². The van der Waals surface area contributed by atoms with Crippen molar-refractivity contribution in [3.8, 4) is 0 Å². The van der Waals surface area contributed by atoms with E-state index in [9.17, 15) is 18.0 Å². The van der Waals surface area contributed by atoms with Gasteiger partial charge in [0.1, 0.15) is 0 Å². The van der Waals surface area contributed by atoms with Crippen LogP contribution >= 0.6 is 0 Å². The quantitative estimate of drug-likeness (QED) is 0.841. The first kappa shape index (κ1) is 21.4. The van der Waals surface area contributed by atoms with E-state index < -0.39 is 11.7 Å². The number of piperidine rings is 1. The lowest BCUT2D eigenvalue weighted by Crippen LogP contribution is -2.53. The summed E-state index contributed by atoms with van der Waals surface area (Å²) in [6.45, 7) is 5.19. The lowest BCUT2D eigenvalue weighted by molar-refractivity contribution is -0.136. The normalized spacial score (nSPS) is 21.4. The van der Waals surface area contributed by atoms with E-state index in [-0.39, 0.29) is 29.4 Å². The van der Waals surface area contributed by atoms with Crippen molar-refractivity contribution in [3.63, 3.8) is 0 Å². The van der Waals surface area contributed by atoms with Crippen molar-refractivity contribution < 1.29 is 18.0 Å². The maximum Gasteiger partial charge on any atom is 0.418 e. The molecule has 0 unspecified atom stereocenters. The van der Waals surface area contributed by atoms with Gasteiger partial charge in [0.2, 0.25) is 5.91 Å². The van der Waals surface area contributed by atoms with E-state index in [0.29, 0.717) is 24.2 Å². The number of nitrogens with zero attached hydrogens (tertiary/aromatic N) is 3. The standard InChI is InChI=1S/C21H27F3N4O/c1-13-10-15(26-20(29)14(2)27(3)4)12-28(11-13)18-8-7-17(21(22,23)24)19-16(18)6-5-9-25-19/h5-9,13-15H,10-12H2,1-4H3,(H,26,29)/t13-,14-,15+/m0/s1. The molecule has 1 aliphatic heterocycles. The molecule has 29 heavy (non-hydrogen) atoms. The topological polar surface area (TPSA) is 48.5 Å². The molecule has 1 fully saturated rings. The third-order valence-electron chi connectivity index (χ3n) is 5.55. The second kappa shape index (κ2) is 8.18. The van der Waals surface area contributed by atoms with Crippen LogP contribution in [-0.2, 0) is 11.0 Å². The van der Waals surface area contributed by atoms with Gasteiger partial charge in [0.25, 0.3) is 0 Å². The van der Waals surface area contributed by atoms with Crippen LogP contribution in [0, 0.1) is 5.92 Å². The number of hydrogen-bond acceptors (Lipinski definition) is 4. The molecule has 5 nitrogen and oxygen atoms in total. The summed E-state index contributed by atoms with van der Waals surface area (Å²) in [4.78, 5) is 20.4. The van der Waals surface area contributed by atoms with Crippen LogP contribution in [-0.4, -0.2) is 55.1 Å². The highest BCUT2D eigenvalue weighted by molar-refractivity contribution is 5.94. The molecule has 1 saturated heterocycles. The van der Waals surface area contributed by atoms with Crippen LogP contribution in [0.15, 0.2) is 30.5 Å². The summed E-state index contributed by atoms with van der Waals surface area (Å²) in [5.41, 5.74) is -0.0586. The number of alkyl halides is 3. The number of likely N-dealkylation sites (N-methyl/N-ethyl adjacent to an activating group) is 1. The van der Waals surface area contributed by atoms with E-state index in [4.69, 9.17) is 0 Å². The van der Waals surface area contributed by atoms with Gasteiger partial charge in [-0.1, -0.05) is 6.92 Å². The first-order valence-corrected chi connectivity index (χ1v) is 9.74. The Bertz CT molecular complexity index is 884. The van der Waals surface area contributed by atoms with Crippen molar-refractivity contribution in [1.29, 1.82) is 0 Å². The predicted octanol–water partition coefficient (Wildman–Crippen LogP) is 3.53. The van der Waals surface area contributed by atoms with Crippen LogP contribution in [0.1, 0.15) is 25.8 Å². The van der Waals surface area contributed by atoms with Crippen LogP contribution in [0.2, 0.25) is 0 Å². The summed E-state index contributed by atoms with van der Waals surface area (Å²) in [5.74, 6) is 0.241. The number of anilines is 1. The Balaban J connectivity index is 1.90. The van der Waals surface area contributed by atoms with E-state index in [1.165, 1.54) is 12.3 Å². The van der Waals surface area contributed by atoms with Gasteiger partial charge in [-0.15, -0.1) is 0 Å². The summed E-state index contributed by atoms with van der Waals surface area (Å²) in [6, 6.07) is 5.63. The van der Waals surface area contributed by atoms with Crippen LogP contribution < -0.4 is 10.2 Å². The number of halogens is 3.